The number of halogens is 1. The standard InChI is InChI=1S/C21H29FN2O/c1-3-5-7-8-9-13-20-23-15-17(16-24-20)18-11-10-12-19(22)21(18)25-14-6-4-2/h10-12,15-16H,3-9,13-14H2,1-2H3. The van der Waals surface area contributed by atoms with E-state index < -0.39 is 0 Å². The maximum Gasteiger partial charge on any atom is 0.165 e. The van der Waals surface area contributed by atoms with Crippen LogP contribution in [0.15, 0.2) is 30.6 Å². The van der Waals surface area contributed by atoms with Crippen LogP contribution in [0.5, 0.6) is 5.75 Å². The van der Waals surface area contributed by atoms with Gasteiger partial charge in [-0.25, -0.2) is 14.4 Å². The SMILES string of the molecule is CCCCCCCc1ncc(-c2cccc(F)c2OCCCC)cn1. The van der Waals surface area contributed by atoms with Crippen LogP contribution in [0.25, 0.3) is 11.1 Å². The molecule has 0 bridgehead atoms. The molecule has 0 N–H and O–H groups in total. The number of rotatable bonds is 11. The first-order chi connectivity index (χ1) is 12.3. The number of aromatic nitrogens is 2. The van der Waals surface area contributed by atoms with Crippen molar-refractivity contribution in [2.45, 2.75) is 65.2 Å². The van der Waals surface area contributed by atoms with Gasteiger partial charge in [0.1, 0.15) is 5.82 Å². The van der Waals surface area contributed by atoms with E-state index in [-0.39, 0.29) is 5.82 Å². The number of hydrogen-bond donors (Lipinski definition) is 0. The lowest BCUT2D eigenvalue weighted by Gasteiger charge is -2.12. The van der Waals surface area contributed by atoms with E-state index in [0.717, 1.165) is 37.1 Å². The predicted octanol–water partition coefficient (Wildman–Crippen LogP) is 5.97. The highest BCUT2D eigenvalue weighted by molar-refractivity contribution is 5.69. The Bertz CT molecular complexity index is 628. The Morgan fingerprint density at radius 2 is 1.64 bits per heavy atom. The molecule has 0 saturated heterocycles. The summed E-state index contributed by atoms with van der Waals surface area (Å²) in [6.45, 7) is 4.82. The number of nitrogens with zero attached hydrogens (tertiary/aromatic N) is 2. The molecular weight excluding hydrogens is 315 g/mol. The minimum absolute atomic E-state index is 0.298. The molecule has 0 amide bonds. The third-order valence-corrected chi connectivity index (χ3v) is 4.23. The van der Waals surface area contributed by atoms with Gasteiger partial charge in [-0.15, -0.1) is 0 Å². The number of aryl methyl sites for hydroxylation is 1. The van der Waals surface area contributed by atoms with E-state index in [1.807, 2.05) is 6.07 Å². The Morgan fingerprint density at radius 1 is 0.920 bits per heavy atom. The first-order valence-electron chi connectivity index (χ1n) is 9.48. The molecule has 2 aromatic rings. The van der Waals surface area contributed by atoms with Gasteiger partial charge >= 0.3 is 0 Å². The van der Waals surface area contributed by atoms with Gasteiger partial charge in [0.25, 0.3) is 0 Å². The highest BCUT2D eigenvalue weighted by Crippen LogP contribution is 2.32. The molecule has 0 atom stereocenters. The Balaban J connectivity index is 2.02. The van der Waals surface area contributed by atoms with Crippen molar-refractivity contribution in [1.82, 2.24) is 9.97 Å². The molecule has 0 unspecified atom stereocenters. The van der Waals surface area contributed by atoms with Gasteiger partial charge < -0.3 is 4.74 Å². The lowest BCUT2D eigenvalue weighted by Crippen LogP contribution is -2.01. The number of unbranched alkanes of at least 4 members (excludes halogenated alkanes) is 5. The molecule has 1 heterocycles. The average molecular weight is 344 g/mol. The zero-order valence-electron chi connectivity index (χ0n) is 15.4. The third kappa shape index (κ3) is 6.11. The van der Waals surface area contributed by atoms with Gasteiger partial charge in [0.2, 0.25) is 0 Å². The molecule has 1 aromatic carbocycles. The van der Waals surface area contributed by atoms with Gasteiger partial charge in [-0.3, -0.25) is 0 Å². The van der Waals surface area contributed by atoms with Crippen molar-refractivity contribution in [1.29, 1.82) is 0 Å². The predicted molar refractivity (Wildman–Crippen MR) is 100 cm³/mol. The van der Waals surface area contributed by atoms with Crippen molar-refractivity contribution >= 4 is 0 Å². The molecule has 0 saturated carbocycles. The summed E-state index contributed by atoms with van der Waals surface area (Å²) in [5, 5.41) is 0. The van der Waals surface area contributed by atoms with Gasteiger partial charge in [-0.2, -0.15) is 0 Å². The normalized spacial score (nSPS) is 10.8. The summed E-state index contributed by atoms with van der Waals surface area (Å²) in [4.78, 5) is 8.90. The maximum atomic E-state index is 14.1. The highest BCUT2D eigenvalue weighted by atomic mass is 19.1. The molecule has 0 aliphatic heterocycles. The van der Waals surface area contributed by atoms with Crippen LogP contribution in [0.2, 0.25) is 0 Å². The monoisotopic (exact) mass is 344 g/mol. The Labute approximate surface area is 150 Å². The summed E-state index contributed by atoms with van der Waals surface area (Å²) in [6.07, 6.45) is 12.5. The molecule has 3 nitrogen and oxygen atoms in total. The lowest BCUT2D eigenvalue weighted by atomic mass is 10.1. The van der Waals surface area contributed by atoms with E-state index in [4.69, 9.17) is 4.74 Å². The van der Waals surface area contributed by atoms with Gasteiger partial charge in [0.05, 0.1) is 6.61 Å². The Kier molecular flexibility index (Phi) is 8.36. The molecule has 0 spiro atoms. The molecular formula is C21H29FN2O. The fourth-order valence-corrected chi connectivity index (χ4v) is 2.71. The van der Waals surface area contributed by atoms with Crippen LogP contribution in [0.4, 0.5) is 4.39 Å². The van der Waals surface area contributed by atoms with Crippen LogP contribution in [-0.4, -0.2) is 16.6 Å². The van der Waals surface area contributed by atoms with Crippen molar-refractivity contribution in [3.63, 3.8) is 0 Å². The number of hydrogen-bond acceptors (Lipinski definition) is 3. The molecule has 0 radical (unpaired) electrons. The molecule has 1 aromatic heterocycles. The summed E-state index contributed by atoms with van der Waals surface area (Å²) in [5.74, 6) is 0.811. The zero-order chi connectivity index (χ0) is 17.9. The molecule has 0 fully saturated rings. The molecule has 136 valence electrons. The highest BCUT2D eigenvalue weighted by Gasteiger charge is 2.12. The van der Waals surface area contributed by atoms with Crippen LogP contribution in [0.3, 0.4) is 0 Å². The topological polar surface area (TPSA) is 35.0 Å². The van der Waals surface area contributed by atoms with Gasteiger partial charge in [0, 0.05) is 29.9 Å². The Hall–Kier alpha value is -1.97. The van der Waals surface area contributed by atoms with E-state index in [9.17, 15) is 4.39 Å². The number of ether oxygens (including phenoxy) is 1. The minimum atomic E-state index is -0.339. The van der Waals surface area contributed by atoms with Crippen molar-refractivity contribution in [3.8, 4) is 16.9 Å². The molecule has 0 aliphatic carbocycles. The fourth-order valence-electron chi connectivity index (χ4n) is 2.71. The molecule has 4 heteroatoms. The summed E-state index contributed by atoms with van der Waals surface area (Å²) in [5.41, 5.74) is 1.51. The van der Waals surface area contributed by atoms with Crippen LogP contribution in [-0.2, 0) is 6.42 Å². The maximum absolute atomic E-state index is 14.1. The van der Waals surface area contributed by atoms with Gasteiger partial charge in [-0.05, 0) is 18.9 Å². The van der Waals surface area contributed by atoms with E-state index in [1.165, 1.54) is 31.7 Å². The average Bonchev–Trinajstić information content (AvgIpc) is 2.63. The summed E-state index contributed by atoms with van der Waals surface area (Å²) < 4.78 is 19.8. The third-order valence-electron chi connectivity index (χ3n) is 4.23. The summed E-state index contributed by atoms with van der Waals surface area (Å²) in [7, 11) is 0. The van der Waals surface area contributed by atoms with Crippen LogP contribution in [0, 0.1) is 5.82 Å². The van der Waals surface area contributed by atoms with E-state index >= 15 is 0 Å². The first kappa shape index (κ1) is 19.4. The first-order valence-corrected chi connectivity index (χ1v) is 9.48. The largest absolute Gasteiger partial charge is 0.490 e. The molecule has 0 aliphatic rings. The van der Waals surface area contributed by atoms with Crippen molar-refractivity contribution in [3.05, 3.63) is 42.2 Å². The minimum Gasteiger partial charge on any atom is -0.490 e. The molecule has 2 rings (SSSR count). The van der Waals surface area contributed by atoms with Crippen molar-refractivity contribution < 1.29 is 9.13 Å². The summed E-state index contributed by atoms with van der Waals surface area (Å²) >= 11 is 0. The van der Waals surface area contributed by atoms with E-state index in [0.29, 0.717) is 17.9 Å². The smallest absolute Gasteiger partial charge is 0.165 e. The van der Waals surface area contributed by atoms with Gasteiger partial charge in [0.15, 0.2) is 11.6 Å². The Morgan fingerprint density at radius 3 is 2.36 bits per heavy atom. The van der Waals surface area contributed by atoms with E-state index in [2.05, 4.69) is 23.8 Å². The molecule has 25 heavy (non-hydrogen) atoms. The van der Waals surface area contributed by atoms with Gasteiger partial charge in [-0.1, -0.05) is 58.1 Å². The lowest BCUT2D eigenvalue weighted by molar-refractivity contribution is 0.295. The number of benzene rings is 1. The van der Waals surface area contributed by atoms with Crippen LogP contribution >= 0.6 is 0 Å². The van der Waals surface area contributed by atoms with Crippen LogP contribution < -0.4 is 4.74 Å². The zero-order valence-corrected chi connectivity index (χ0v) is 15.4. The second-order valence-electron chi connectivity index (χ2n) is 6.37. The summed E-state index contributed by atoms with van der Waals surface area (Å²) in [6, 6.07) is 4.97. The second-order valence-corrected chi connectivity index (χ2v) is 6.37. The quantitative estimate of drug-likeness (QED) is 0.471. The fraction of sp³-hybridized carbons (Fsp3) is 0.524. The van der Waals surface area contributed by atoms with E-state index in [1.54, 1.807) is 18.5 Å². The van der Waals surface area contributed by atoms with Crippen molar-refractivity contribution in [2.75, 3.05) is 6.61 Å². The van der Waals surface area contributed by atoms with Crippen molar-refractivity contribution in [2.24, 2.45) is 0 Å². The van der Waals surface area contributed by atoms with Crippen LogP contribution in [0.1, 0.15) is 64.6 Å². The second kappa shape index (κ2) is 10.8. The number of para-hydroxylation sites is 1.